The van der Waals surface area contributed by atoms with E-state index in [-0.39, 0.29) is 24.8 Å². The van der Waals surface area contributed by atoms with Crippen LogP contribution in [0.15, 0.2) is 45.4 Å². The fourth-order valence-electron chi connectivity index (χ4n) is 2.72. The van der Waals surface area contributed by atoms with Gasteiger partial charge in [-0.2, -0.15) is 0 Å². The highest BCUT2D eigenvalue weighted by Crippen LogP contribution is 2.27. The van der Waals surface area contributed by atoms with Crippen LogP contribution in [0.4, 0.5) is 0 Å². The molecule has 0 aliphatic heterocycles. The number of aliphatic hydroxyl groups is 1. The molecule has 26 heavy (non-hydrogen) atoms. The number of rotatable bonds is 6. The summed E-state index contributed by atoms with van der Waals surface area (Å²) in [6.07, 6.45) is 1.80. The molecule has 0 spiro atoms. The number of likely N-dealkylation sites (N-methyl/N-ethyl adjacent to an activating group) is 1. The third-order valence-corrected chi connectivity index (χ3v) is 4.60. The Balaban J connectivity index is 0.00000243. The summed E-state index contributed by atoms with van der Waals surface area (Å²) in [6.45, 7) is 3.15. The van der Waals surface area contributed by atoms with Gasteiger partial charge >= 0.3 is 0 Å². The maximum atomic E-state index is 12.7. The zero-order valence-electron chi connectivity index (χ0n) is 14.5. The fraction of sp³-hybridized carbons (Fsp3) is 0.263. The van der Waals surface area contributed by atoms with Gasteiger partial charge in [-0.05, 0) is 49.9 Å². The summed E-state index contributed by atoms with van der Waals surface area (Å²) in [4.78, 5) is 19.1. The molecule has 0 bridgehead atoms. The monoisotopic (exact) mass is 438 g/mol. The number of halogens is 2. The number of carbonyl (C=O) groups excluding carboxylic acids is 1. The van der Waals surface area contributed by atoms with Crippen molar-refractivity contribution in [3.63, 3.8) is 0 Å². The van der Waals surface area contributed by atoms with Gasteiger partial charge in [-0.3, -0.25) is 14.7 Å². The molecular formula is C19H20BrClN2O3. The minimum Gasteiger partial charge on any atom is -0.451 e. The van der Waals surface area contributed by atoms with Crippen molar-refractivity contribution in [3.8, 4) is 0 Å². The van der Waals surface area contributed by atoms with Crippen molar-refractivity contribution >= 4 is 45.1 Å². The molecule has 1 N–H and O–H groups in total. The number of nitrogens with zero attached hydrogens (tertiary/aromatic N) is 2. The number of fused-ring (bicyclic) bond motifs is 1. The van der Waals surface area contributed by atoms with Gasteiger partial charge in [0, 0.05) is 34.7 Å². The number of aryl methyl sites for hydroxylation is 1. The van der Waals surface area contributed by atoms with Gasteiger partial charge in [-0.1, -0.05) is 15.9 Å². The van der Waals surface area contributed by atoms with Crippen LogP contribution in [0, 0.1) is 6.92 Å². The minimum atomic E-state index is -0.155. The van der Waals surface area contributed by atoms with Crippen molar-refractivity contribution in [2.45, 2.75) is 13.5 Å². The van der Waals surface area contributed by atoms with E-state index in [0.29, 0.717) is 30.0 Å². The van der Waals surface area contributed by atoms with Crippen LogP contribution in [-0.2, 0) is 6.54 Å². The van der Waals surface area contributed by atoms with Crippen molar-refractivity contribution in [2.24, 2.45) is 0 Å². The molecule has 0 aliphatic rings. The molecule has 138 valence electrons. The van der Waals surface area contributed by atoms with Gasteiger partial charge in [0.2, 0.25) is 5.78 Å². The second-order valence-electron chi connectivity index (χ2n) is 6.02. The van der Waals surface area contributed by atoms with Crippen molar-refractivity contribution in [2.75, 3.05) is 20.2 Å². The Morgan fingerprint density at radius 1 is 1.31 bits per heavy atom. The smallest absolute Gasteiger partial charge is 0.228 e. The van der Waals surface area contributed by atoms with Crippen LogP contribution in [0.5, 0.6) is 0 Å². The molecule has 5 nitrogen and oxygen atoms in total. The molecule has 2 aromatic heterocycles. The first-order valence-electron chi connectivity index (χ1n) is 7.97. The van der Waals surface area contributed by atoms with Crippen molar-refractivity contribution < 1.29 is 14.3 Å². The summed E-state index contributed by atoms with van der Waals surface area (Å²) in [7, 11) is 1.93. The molecule has 0 unspecified atom stereocenters. The molecular weight excluding hydrogens is 420 g/mol. The van der Waals surface area contributed by atoms with Gasteiger partial charge in [0.25, 0.3) is 0 Å². The highest BCUT2D eigenvalue weighted by atomic mass is 79.9. The number of furan rings is 1. The summed E-state index contributed by atoms with van der Waals surface area (Å²) in [5, 5.41) is 9.96. The quantitative estimate of drug-likeness (QED) is 0.589. The van der Waals surface area contributed by atoms with Gasteiger partial charge in [0.15, 0.2) is 11.3 Å². The van der Waals surface area contributed by atoms with Crippen molar-refractivity contribution in [1.29, 1.82) is 0 Å². The van der Waals surface area contributed by atoms with E-state index in [9.17, 15) is 4.79 Å². The third kappa shape index (κ3) is 4.32. The Labute approximate surface area is 166 Å². The first-order chi connectivity index (χ1) is 12.0. The topological polar surface area (TPSA) is 66.6 Å². The van der Waals surface area contributed by atoms with Crippen molar-refractivity contribution in [3.05, 3.63) is 63.6 Å². The zero-order valence-corrected chi connectivity index (χ0v) is 16.9. The zero-order chi connectivity index (χ0) is 18.0. The van der Waals surface area contributed by atoms with Gasteiger partial charge in [-0.15, -0.1) is 12.4 Å². The summed E-state index contributed by atoms with van der Waals surface area (Å²) in [6, 6.07) is 8.98. The number of hydrogen-bond acceptors (Lipinski definition) is 5. The van der Waals surface area contributed by atoms with E-state index in [2.05, 4.69) is 20.9 Å². The average Bonchev–Trinajstić information content (AvgIpc) is 3.04. The normalized spacial score (nSPS) is 11.0. The molecule has 0 fully saturated rings. The van der Waals surface area contributed by atoms with Gasteiger partial charge < -0.3 is 9.52 Å². The van der Waals surface area contributed by atoms with Crippen LogP contribution in [0.25, 0.3) is 11.0 Å². The highest BCUT2D eigenvalue weighted by molar-refractivity contribution is 9.10. The second kappa shape index (κ2) is 8.77. The molecule has 2 heterocycles. The van der Waals surface area contributed by atoms with Gasteiger partial charge in [0.1, 0.15) is 0 Å². The number of aromatic nitrogens is 1. The lowest BCUT2D eigenvalue weighted by Gasteiger charge is -2.15. The Morgan fingerprint density at radius 2 is 2.00 bits per heavy atom. The van der Waals surface area contributed by atoms with E-state index in [1.54, 1.807) is 24.4 Å². The number of hydrogen-bond donors (Lipinski definition) is 1. The molecule has 3 aromatic rings. The van der Waals surface area contributed by atoms with Crippen LogP contribution >= 0.6 is 28.3 Å². The van der Waals surface area contributed by atoms with E-state index in [1.807, 2.05) is 31.0 Å². The SMILES string of the molecule is Cc1ncc(CN(C)CCO)c2cc(C(=O)c3ccc(Br)cc3)oc12.Cl. The van der Waals surface area contributed by atoms with Crippen LogP contribution in [0.3, 0.4) is 0 Å². The number of pyridine rings is 1. The molecule has 0 aliphatic carbocycles. The predicted molar refractivity (Wildman–Crippen MR) is 107 cm³/mol. The highest BCUT2D eigenvalue weighted by Gasteiger charge is 2.18. The van der Waals surface area contributed by atoms with E-state index < -0.39 is 0 Å². The van der Waals surface area contributed by atoms with Crippen LogP contribution in [0.2, 0.25) is 0 Å². The second-order valence-corrected chi connectivity index (χ2v) is 6.94. The average molecular weight is 440 g/mol. The third-order valence-electron chi connectivity index (χ3n) is 4.07. The number of benzene rings is 1. The van der Waals surface area contributed by atoms with Gasteiger partial charge in [0.05, 0.1) is 12.3 Å². The Hall–Kier alpha value is -1.73. The number of ketones is 1. The summed E-state index contributed by atoms with van der Waals surface area (Å²) >= 11 is 3.37. The molecule has 3 rings (SSSR count). The largest absolute Gasteiger partial charge is 0.451 e. The molecule has 1 aromatic carbocycles. The number of aliphatic hydroxyl groups excluding tert-OH is 1. The maximum absolute atomic E-state index is 12.7. The van der Waals surface area contributed by atoms with Crippen molar-refractivity contribution in [1.82, 2.24) is 9.88 Å². The van der Waals surface area contributed by atoms with Crippen LogP contribution in [-0.4, -0.2) is 41.0 Å². The van der Waals surface area contributed by atoms with Crippen LogP contribution < -0.4 is 0 Å². The Morgan fingerprint density at radius 3 is 2.65 bits per heavy atom. The fourth-order valence-corrected chi connectivity index (χ4v) is 2.99. The summed E-state index contributed by atoms with van der Waals surface area (Å²) in [5.41, 5.74) is 2.93. The molecule has 0 amide bonds. The molecule has 0 atom stereocenters. The number of carbonyl (C=O) groups is 1. The lowest BCUT2D eigenvalue weighted by Crippen LogP contribution is -2.21. The molecule has 7 heteroatoms. The van der Waals surface area contributed by atoms with Gasteiger partial charge in [-0.25, -0.2) is 0 Å². The van der Waals surface area contributed by atoms with E-state index in [4.69, 9.17) is 9.52 Å². The molecule has 0 saturated carbocycles. The van der Waals surface area contributed by atoms with E-state index >= 15 is 0 Å². The Kier molecular flexibility index (Phi) is 6.94. The molecule has 0 radical (unpaired) electrons. The lowest BCUT2D eigenvalue weighted by atomic mass is 10.1. The summed E-state index contributed by atoms with van der Waals surface area (Å²) < 4.78 is 6.76. The first-order valence-corrected chi connectivity index (χ1v) is 8.76. The van der Waals surface area contributed by atoms with E-state index in [0.717, 1.165) is 21.1 Å². The minimum absolute atomic E-state index is 0. The summed E-state index contributed by atoms with van der Waals surface area (Å²) in [5.74, 6) is 0.150. The maximum Gasteiger partial charge on any atom is 0.228 e. The predicted octanol–water partition coefficient (Wildman–Crippen LogP) is 3.98. The molecule has 0 saturated heterocycles. The standard InChI is InChI=1S/C19H19BrN2O3.ClH/c1-12-19-16(14(10-21-12)11-22(2)7-8-23)9-17(25-19)18(24)13-3-5-15(20)6-4-13;/h3-6,9-10,23H,7-8,11H2,1-2H3;1H. The van der Waals surface area contributed by atoms with E-state index in [1.165, 1.54) is 0 Å². The Bertz CT molecular complexity index is 909. The first kappa shape index (κ1) is 20.6. The lowest BCUT2D eigenvalue weighted by molar-refractivity contribution is 0.101. The van der Waals surface area contributed by atoms with Crippen LogP contribution in [0.1, 0.15) is 27.4 Å².